The third kappa shape index (κ3) is 5.13. The standard InChI is InChI=1S/C52H34N2O/c1-2-14-39(15-3-1)53(48-22-10-13-36-12-4-5-16-42(36)48)40-29-24-35(25-30-40)38-28-33-50-47(34-38)44-17-6-8-21-49(44)54(50)41-31-26-37(27-32-41)43-19-11-20-46-45-18-7-9-23-51(45)55-52(43)46/h1-34H. The molecule has 2 heterocycles. The predicted octanol–water partition coefficient (Wildman–Crippen LogP) is 14.6. The van der Waals surface area contributed by atoms with Gasteiger partial charge < -0.3 is 13.9 Å². The Morgan fingerprint density at radius 1 is 0.382 bits per heavy atom. The summed E-state index contributed by atoms with van der Waals surface area (Å²) in [4.78, 5) is 2.35. The second-order valence-corrected chi connectivity index (χ2v) is 14.1. The molecule has 0 atom stereocenters. The second-order valence-electron chi connectivity index (χ2n) is 14.1. The van der Waals surface area contributed by atoms with Crippen molar-refractivity contribution in [2.75, 3.05) is 4.90 Å². The molecule has 0 amide bonds. The largest absolute Gasteiger partial charge is 0.455 e. The van der Waals surface area contributed by atoms with Crippen LogP contribution in [0.15, 0.2) is 211 Å². The van der Waals surface area contributed by atoms with Crippen LogP contribution in [0, 0.1) is 0 Å². The zero-order valence-electron chi connectivity index (χ0n) is 29.9. The van der Waals surface area contributed by atoms with Crippen molar-refractivity contribution in [1.82, 2.24) is 4.57 Å². The Bertz CT molecular complexity index is 3180. The van der Waals surface area contributed by atoms with Gasteiger partial charge in [0.2, 0.25) is 0 Å². The summed E-state index contributed by atoms with van der Waals surface area (Å²) in [5.41, 5.74) is 13.3. The van der Waals surface area contributed by atoms with Crippen LogP contribution in [-0.4, -0.2) is 4.57 Å². The molecule has 0 radical (unpaired) electrons. The van der Waals surface area contributed by atoms with E-state index in [2.05, 4.69) is 204 Å². The van der Waals surface area contributed by atoms with Gasteiger partial charge in [-0.25, -0.2) is 0 Å². The topological polar surface area (TPSA) is 21.3 Å². The van der Waals surface area contributed by atoms with Gasteiger partial charge >= 0.3 is 0 Å². The van der Waals surface area contributed by atoms with Crippen LogP contribution >= 0.6 is 0 Å². The monoisotopic (exact) mass is 702 g/mol. The van der Waals surface area contributed by atoms with Crippen molar-refractivity contribution in [3.8, 4) is 27.9 Å². The molecule has 0 saturated carbocycles. The average Bonchev–Trinajstić information content (AvgIpc) is 3.80. The van der Waals surface area contributed by atoms with E-state index < -0.39 is 0 Å². The van der Waals surface area contributed by atoms with Gasteiger partial charge in [0.05, 0.1) is 16.7 Å². The molecule has 3 heteroatoms. The van der Waals surface area contributed by atoms with E-state index >= 15 is 0 Å². The van der Waals surface area contributed by atoms with Gasteiger partial charge in [-0.1, -0.05) is 140 Å². The molecular weight excluding hydrogens is 669 g/mol. The Hall–Kier alpha value is -7.36. The van der Waals surface area contributed by atoms with Gasteiger partial charge in [-0.2, -0.15) is 0 Å². The summed E-state index contributed by atoms with van der Waals surface area (Å²) in [5, 5.41) is 7.20. The van der Waals surface area contributed by atoms with Crippen LogP contribution in [0.5, 0.6) is 0 Å². The molecule has 0 N–H and O–H groups in total. The van der Waals surface area contributed by atoms with Gasteiger partial charge in [-0.15, -0.1) is 0 Å². The minimum Gasteiger partial charge on any atom is -0.455 e. The van der Waals surface area contributed by atoms with Gasteiger partial charge in [-0.3, -0.25) is 0 Å². The van der Waals surface area contributed by atoms with E-state index in [9.17, 15) is 0 Å². The quantitative estimate of drug-likeness (QED) is 0.172. The number of anilines is 3. The van der Waals surface area contributed by atoms with E-state index in [0.717, 1.165) is 55.8 Å². The zero-order chi connectivity index (χ0) is 36.3. The summed E-state index contributed by atoms with van der Waals surface area (Å²) in [7, 11) is 0. The van der Waals surface area contributed by atoms with Crippen molar-refractivity contribution in [3.05, 3.63) is 206 Å². The number of hydrogen-bond acceptors (Lipinski definition) is 2. The van der Waals surface area contributed by atoms with Crippen LogP contribution in [0.3, 0.4) is 0 Å². The summed E-state index contributed by atoms with van der Waals surface area (Å²) in [6, 6.07) is 73.9. The number of rotatable bonds is 6. The third-order valence-electron chi connectivity index (χ3n) is 11.0. The maximum atomic E-state index is 6.37. The lowest BCUT2D eigenvalue weighted by atomic mass is 10.0. The molecule has 0 saturated heterocycles. The summed E-state index contributed by atoms with van der Waals surface area (Å²) in [6.45, 7) is 0. The van der Waals surface area contributed by atoms with Crippen molar-refractivity contribution in [3.63, 3.8) is 0 Å². The molecule has 2 aromatic heterocycles. The fourth-order valence-electron chi connectivity index (χ4n) is 8.41. The van der Waals surface area contributed by atoms with Crippen molar-refractivity contribution in [2.45, 2.75) is 0 Å². The van der Waals surface area contributed by atoms with Gasteiger partial charge in [0, 0.05) is 49.6 Å². The highest BCUT2D eigenvalue weighted by atomic mass is 16.3. The van der Waals surface area contributed by atoms with Gasteiger partial charge in [-0.05, 0) is 88.8 Å². The lowest BCUT2D eigenvalue weighted by Gasteiger charge is -2.27. The smallest absolute Gasteiger partial charge is 0.143 e. The molecule has 3 nitrogen and oxygen atoms in total. The van der Waals surface area contributed by atoms with E-state index in [1.165, 1.54) is 43.7 Å². The van der Waals surface area contributed by atoms with Crippen LogP contribution in [0.2, 0.25) is 0 Å². The molecule has 258 valence electrons. The first-order chi connectivity index (χ1) is 27.3. The number of furan rings is 1. The summed E-state index contributed by atoms with van der Waals surface area (Å²) in [5.74, 6) is 0. The average molecular weight is 703 g/mol. The minimum atomic E-state index is 0.914. The Kier molecular flexibility index (Phi) is 7.17. The molecule has 0 aliphatic rings. The highest BCUT2D eigenvalue weighted by Gasteiger charge is 2.17. The first kappa shape index (κ1) is 31.2. The number of aromatic nitrogens is 1. The third-order valence-corrected chi connectivity index (χ3v) is 11.0. The Morgan fingerprint density at radius 2 is 1.00 bits per heavy atom. The number of benzene rings is 9. The molecule has 0 unspecified atom stereocenters. The molecule has 0 spiro atoms. The van der Waals surface area contributed by atoms with Crippen molar-refractivity contribution < 1.29 is 4.42 Å². The fourth-order valence-corrected chi connectivity index (χ4v) is 8.41. The molecule has 55 heavy (non-hydrogen) atoms. The summed E-state index contributed by atoms with van der Waals surface area (Å²) < 4.78 is 8.75. The van der Waals surface area contributed by atoms with Crippen LogP contribution in [-0.2, 0) is 0 Å². The lowest BCUT2D eigenvalue weighted by molar-refractivity contribution is 0.670. The Morgan fingerprint density at radius 3 is 1.85 bits per heavy atom. The van der Waals surface area contributed by atoms with E-state index in [1.54, 1.807) is 0 Å². The first-order valence-corrected chi connectivity index (χ1v) is 18.8. The van der Waals surface area contributed by atoms with Gasteiger partial charge in [0.1, 0.15) is 11.2 Å². The molecule has 0 aliphatic heterocycles. The van der Waals surface area contributed by atoms with Crippen LogP contribution < -0.4 is 4.90 Å². The normalized spacial score (nSPS) is 11.6. The maximum absolute atomic E-state index is 6.37. The minimum absolute atomic E-state index is 0.914. The molecule has 9 aromatic carbocycles. The molecular formula is C52H34N2O. The molecule has 0 fully saturated rings. The highest BCUT2D eigenvalue weighted by Crippen LogP contribution is 2.41. The first-order valence-electron chi connectivity index (χ1n) is 18.8. The second kappa shape index (κ2) is 12.6. The van der Waals surface area contributed by atoms with E-state index in [1.807, 2.05) is 12.1 Å². The van der Waals surface area contributed by atoms with E-state index in [0.29, 0.717) is 0 Å². The van der Waals surface area contributed by atoms with E-state index in [-0.39, 0.29) is 0 Å². The van der Waals surface area contributed by atoms with Crippen LogP contribution in [0.25, 0.3) is 82.5 Å². The Labute approximate surface area is 318 Å². The van der Waals surface area contributed by atoms with Crippen LogP contribution in [0.4, 0.5) is 17.1 Å². The molecule has 0 bridgehead atoms. The summed E-state index contributed by atoms with van der Waals surface area (Å²) >= 11 is 0. The zero-order valence-corrected chi connectivity index (χ0v) is 29.9. The number of para-hydroxylation sites is 4. The molecule has 11 aromatic rings. The molecule has 0 aliphatic carbocycles. The van der Waals surface area contributed by atoms with Crippen molar-refractivity contribution in [2.24, 2.45) is 0 Å². The SMILES string of the molecule is c1ccc(N(c2ccc(-c3ccc4c(c3)c3ccccc3n4-c3ccc(-c4cccc5c4oc4ccccc45)cc3)cc2)c2cccc3ccccc23)cc1. The summed E-state index contributed by atoms with van der Waals surface area (Å²) in [6.07, 6.45) is 0. The van der Waals surface area contributed by atoms with Gasteiger partial charge in [0.25, 0.3) is 0 Å². The number of fused-ring (bicyclic) bond motifs is 7. The Balaban J connectivity index is 0.974. The van der Waals surface area contributed by atoms with Crippen molar-refractivity contribution >= 4 is 71.6 Å². The maximum Gasteiger partial charge on any atom is 0.143 e. The van der Waals surface area contributed by atoms with E-state index in [4.69, 9.17) is 4.42 Å². The van der Waals surface area contributed by atoms with Crippen molar-refractivity contribution in [1.29, 1.82) is 0 Å². The van der Waals surface area contributed by atoms with Crippen LogP contribution in [0.1, 0.15) is 0 Å². The fraction of sp³-hybridized carbons (Fsp3) is 0. The predicted molar refractivity (Wildman–Crippen MR) is 231 cm³/mol. The van der Waals surface area contributed by atoms with Gasteiger partial charge in [0.15, 0.2) is 0 Å². The number of hydrogen-bond donors (Lipinski definition) is 0. The molecule has 11 rings (SSSR count). The lowest BCUT2D eigenvalue weighted by Crippen LogP contribution is -2.10. The highest BCUT2D eigenvalue weighted by molar-refractivity contribution is 6.11. The number of nitrogens with zero attached hydrogens (tertiary/aromatic N) is 2.